The summed E-state index contributed by atoms with van der Waals surface area (Å²) in [6.45, 7) is 10.2. The van der Waals surface area contributed by atoms with Gasteiger partial charge in [-0.05, 0) is 68.4 Å². The lowest BCUT2D eigenvalue weighted by atomic mass is 9.96. The summed E-state index contributed by atoms with van der Waals surface area (Å²) in [7, 11) is 0. The van der Waals surface area contributed by atoms with Gasteiger partial charge in [-0.25, -0.2) is 0 Å². The Morgan fingerprint density at radius 3 is 2.68 bits per heavy atom. The Morgan fingerprint density at radius 2 is 2.00 bits per heavy atom. The van der Waals surface area contributed by atoms with Gasteiger partial charge < -0.3 is 10.6 Å². The molecule has 1 aromatic carbocycles. The van der Waals surface area contributed by atoms with Gasteiger partial charge in [-0.3, -0.25) is 0 Å². The van der Waals surface area contributed by atoms with E-state index < -0.39 is 0 Å². The van der Waals surface area contributed by atoms with E-state index in [4.69, 9.17) is 0 Å². The van der Waals surface area contributed by atoms with Crippen LogP contribution in [0.5, 0.6) is 0 Å². The second-order valence-corrected chi connectivity index (χ2v) is 6.07. The smallest absolute Gasteiger partial charge is 0.00913 e. The fourth-order valence-electron chi connectivity index (χ4n) is 2.76. The molecule has 0 unspecified atom stereocenters. The first-order valence-electron chi connectivity index (χ1n) is 7.70. The molecule has 2 heteroatoms. The van der Waals surface area contributed by atoms with Gasteiger partial charge in [0, 0.05) is 6.04 Å². The van der Waals surface area contributed by atoms with Crippen LogP contribution >= 0.6 is 0 Å². The molecule has 0 radical (unpaired) electrons. The zero-order valence-corrected chi connectivity index (χ0v) is 12.6. The number of nitrogens with one attached hydrogen (secondary N) is 2. The van der Waals surface area contributed by atoms with Gasteiger partial charge in [0.2, 0.25) is 0 Å². The Bertz CT molecular complexity index is 392. The van der Waals surface area contributed by atoms with Crippen molar-refractivity contribution in [3.63, 3.8) is 0 Å². The third-order valence-corrected chi connectivity index (χ3v) is 4.21. The normalized spacial score (nSPS) is 17.1. The summed E-state index contributed by atoms with van der Waals surface area (Å²) in [6, 6.07) is 7.65. The first-order chi connectivity index (χ1) is 9.16. The van der Waals surface area contributed by atoms with Crippen LogP contribution in [0.1, 0.15) is 49.3 Å². The molecular weight excluding hydrogens is 232 g/mol. The first kappa shape index (κ1) is 14.5. The molecule has 0 atom stereocenters. The zero-order valence-electron chi connectivity index (χ0n) is 12.6. The van der Waals surface area contributed by atoms with Gasteiger partial charge in [0.05, 0.1) is 0 Å². The van der Waals surface area contributed by atoms with E-state index >= 15 is 0 Å². The molecule has 0 bridgehead atoms. The van der Waals surface area contributed by atoms with Crippen LogP contribution < -0.4 is 10.6 Å². The number of rotatable bonds is 5. The van der Waals surface area contributed by atoms with E-state index in [0.717, 1.165) is 19.0 Å². The van der Waals surface area contributed by atoms with Crippen LogP contribution in [-0.2, 0) is 6.42 Å². The van der Waals surface area contributed by atoms with E-state index in [1.54, 1.807) is 0 Å². The van der Waals surface area contributed by atoms with Gasteiger partial charge in [0.1, 0.15) is 0 Å². The van der Waals surface area contributed by atoms with Gasteiger partial charge in [-0.1, -0.05) is 32.0 Å². The maximum Gasteiger partial charge on any atom is 0.00913 e. The summed E-state index contributed by atoms with van der Waals surface area (Å²) < 4.78 is 0. The minimum atomic E-state index is 0.622. The van der Waals surface area contributed by atoms with Gasteiger partial charge in [-0.15, -0.1) is 0 Å². The zero-order chi connectivity index (χ0) is 13.7. The van der Waals surface area contributed by atoms with Crippen LogP contribution in [0, 0.1) is 6.92 Å². The number of piperidine rings is 1. The van der Waals surface area contributed by atoms with E-state index in [9.17, 15) is 0 Å². The van der Waals surface area contributed by atoms with Crippen molar-refractivity contribution in [3.05, 3.63) is 34.9 Å². The van der Waals surface area contributed by atoms with Crippen LogP contribution in [0.2, 0.25) is 0 Å². The molecule has 0 amide bonds. The average Bonchev–Trinajstić information content (AvgIpc) is 2.42. The highest BCUT2D eigenvalue weighted by Crippen LogP contribution is 2.19. The monoisotopic (exact) mass is 260 g/mol. The lowest BCUT2D eigenvalue weighted by molar-refractivity contribution is 0.389. The Labute approximate surface area is 118 Å². The lowest BCUT2D eigenvalue weighted by Gasteiger charge is -2.24. The van der Waals surface area contributed by atoms with Crippen molar-refractivity contribution in [1.29, 1.82) is 0 Å². The fourth-order valence-corrected chi connectivity index (χ4v) is 2.76. The summed E-state index contributed by atoms with van der Waals surface area (Å²) in [5.41, 5.74) is 4.40. The van der Waals surface area contributed by atoms with Crippen LogP contribution in [0.25, 0.3) is 0 Å². The Balaban J connectivity index is 1.86. The van der Waals surface area contributed by atoms with Crippen LogP contribution in [0.3, 0.4) is 0 Å². The molecule has 1 aliphatic heterocycles. The SMILES string of the molecule is Cc1ccc(C(C)C)cc1CCNC1CCNCC1. The molecule has 19 heavy (non-hydrogen) atoms. The minimum Gasteiger partial charge on any atom is -0.317 e. The topological polar surface area (TPSA) is 24.1 Å². The maximum atomic E-state index is 3.71. The Hall–Kier alpha value is -0.860. The number of benzene rings is 1. The molecule has 106 valence electrons. The van der Waals surface area contributed by atoms with Crippen molar-refractivity contribution < 1.29 is 0 Å². The third kappa shape index (κ3) is 4.32. The highest BCUT2D eigenvalue weighted by atomic mass is 15.0. The van der Waals surface area contributed by atoms with E-state index in [2.05, 4.69) is 49.6 Å². The van der Waals surface area contributed by atoms with Crippen molar-refractivity contribution in [2.45, 2.75) is 52.0 Å². The fraction of sp³-hybridized carbons (Fsp3) is 0.647. The highest BCUT2D eigenvalue weighted by molar-refractivity contribution is 5.32. The largest absolute Gasteiger partial charge is 0.317 e. The Kier molecular flexibility index (Phi) is 5.41. The molecule has 2 N–H and O–H groups in total. The highest BCUT2D eigenvalue weighted by Gasteiger charge is 2.11. The van der Waals surface area contributed by atoms with Crippen molar-refractivity contribution in [3.8, 4) is 0 Å². The molecule has 0 aliphatic carbocycles. The maximum absolute atomic E-state index is 3.71. The number of aryl methyl sites for hydroxylation is 1. The lowest BCUT2D eigenvalue weighted by Crippen LogP contribution is -2.40. The standard InChI is InChI=1S/C17H28N2/c1-13(2)15-5-4-14(3)16(12-15)6-11-19-17-7-9-18-10-8-17/h4-5,12-13,17-19H,6-11H2,1-3H3. The van der Waals surface area contributed by atoms with Crippen LogP contribution in [-0.4, -0.2) is 25.7 Å². The number of hydrogen-bond acceptors (Lipinski definition) is 2. The van der Waals surface area contributed by atoms with E-state index in [0.29, 0.717) is 5.92 Å². The number of hydrogen-bond donors (Lipinski definition) is 2. The molecule has 0 spiro atoms. The summed E-state index contributed by atoms with van der Waals surface area (Å²) in [6.07, 6.45) is 3.69. The van der Waals surface area contributed by atoms with E-state index in [-0.39, 0.29) is 0 Å². The molecule has 0 saturated carbocycles. The molecule has 0 aromatic heterocycles. The predicted molar refractivity (Wildman–Crippen MR) is 82.9 cm³/mol. The summed E-state index contributed by atoms with van der Waals surface area (Å²) in [5, 5.41) is 7.12. The second-order valence-electron chi connectivity index (χ2n) is 6.07. The molecule has 1 saturated heterocycles. The summed E-state index contributed by atoms with van der Waals surface area (Å²) in [4.78, 5) is 0. The van der Waals surface area contributed by atoms with E-state index in [1.807, 2.05) is 0 Å². The molecule has 2 rings (SSSR count). The van der Waals surface area contributed by atoms with Gasteiger partial charge >= 0.3 is 0 Å². The molecule has 1 aromatic rings. The van der Waals surface area contributed by atoms with Gasteiger partial charge in [0.15, 0.2) is 0 Å². The predicted octanol–water partition coefficient (Wildman–Crippen LogP) is 3.00. The summed E-state index contributed by atoms with van der Waals surface area (Å²) in [5.74, 6) is 0.622. The quantitative estimate of drug-likeness (QED) is 0.850. The van der Waals surface area contributed by atoms with Gasteiger partial charge in [0.25, 0.3) is 0 Å². The second kappa shape index (κ2) is 7.06. The molecular formula is C17H28N2. The van der Waals surface area contributed by atoms with Crippen LogP contribution in [0.4, 0.5) is 0 Å². The molecule has 2 nitrogen and oxygen atoms in total. The van der Waals surface area contributed by atoms with Crippen molar-refractivity contribution in [2.24, 2.45) is 0 Å². The molecule has 1 fully saturated rings. The summed E-state index contributed by atoms with van der Waals surface area (Å²) >= 11 is 0. The minimum absolute atomic E-state index is 0.622. The van der Waals surface area contributed by atoms with E-state index in [1.165, 1.54) is 42.6 Å². The molecule has 1 heterocycles. The van der Waals surface area contributed by atoms with Crippen molar-refractivity contribution in [2.75, 3.05) is 19.6 Å². The van der Waals surface area contributed by atoms with Crippen molar-refractivity contribution >= 4 is 0 Å². The first-order valence-corrected chi connectivity index (χ1v) is 7.70. The Morgan fingerprint density at radius 1 is 1.26 bits per heavy atom. The van der Waals surface area contributed by atoms with Gasteiger partial charge in [-0.2, -0.15) is 0 Å². The third-order valence-electron chi connectivity index (χ3n) is 4.21. The average molecular weight is 260 g/mol. The molecule has 1 aliphatic rings. The van der Waals surface area contributed by atoms with Crippen molar-refractivity contribution in [1.82, 2.24) is 10.6 Å². The van der Waals surface area contributed by atoms with Crippen LogP contribution in [0.15, 0.2) is 18.2 Å².